The summed E-state index contributed by atoms with van der Waals surface area (Å²) in [5, 5.41) is 6.42. The second-order valence-corrected chi connectivity index (χ2v) is 7.90. The molecule has 0 saturated heterocycles. The van der Waals surface area contributed by atoms with Gasteiger partial charge in [0.1, 0.15) is 12.7 Å². The van der Waals surface area contributed by atoms with Crippen LogP contribution in [0.5, 0.6) is 0 Å². The van der Waals surface area contributed by atoms with Crippen molar-refractivity contribution >= 4 is 27.3 Å². The Hall–Kier alpha value is -3.41. The number of nitrogens with one attached hydrogen (secondary N) is 2. The SMILES string of the molecule is O=C1Cc2cc(S(=O)(=O)Nc3cc(C(F)(F)F)ccc3-n3cncn3)ccc2N1. The molecule has 0 unspecified atom stereocenters. The van der Waals surface area contributed by atoms with E-state index in [1.54, 1.807) is 0 Å². The van der Waals surface area contributed by atoms with E-state index in [1.807, 2.05) is 0 Å². The first-order chi connectivity index (χ1) is 13.6. The molecular weight excluding hydrogens is 411 g/mol. The van der Waals surface area contributed by atoms with Gasteiger partial charge in [-0.25, -0.2) is 18.1 Å². The maximum Gasteiger partial charge on any atom is 0.416 e. The number of rotatable bonds is 4. The van der Waals surface area contributed by atoms with Gasteiger partial charge in [0.2, 0.25) is 5.91 Å². The number of nitrogens with zero attached hydrogens (tertiary/aromatic N) is 3. The van der Waals surface area contributed by atoms with Crippen LogP contribution in [0.4, 0.5) is 24.5 Å². The lowest BCUT2D eigenvalue weighted by molar-refractivity contribution is -0.137. The number of benzene rings is 2. The fourth-order valence-electron chi connectivity index (χ4n) is 2.90. The minimum absolute atomic E-state index is 0.0203. The predicted molar refractivity (Wildman–Crippen MR) is 95.9 cm³/mol. The van der Waals surface area contributed by atoms with E-state index in [4.69, 9.17) is 0 Å². The van der Waals surface area contributed by atoms with Crippen LogP contribution in [0.15, 0.2) is 53.9 Å². The Morgan fingerprint density at radius 2 is 1.93 bits per heavy atom. The average Bonchev–Trinajstić information content (AvgIpc) is 3.28. The van der Waals surface area contributed by atoms with E-state index in [9.17, 15) is 26.4 Å². The second-order valence-electron chi connectivity index (χ2n) is 6.22. The third-order valence-electron chi connectivity index (χ3n) is 4.25. The summed E-state index contributed by atoms with van der Waals surface area (Å²) < 4.78 is 68.4. The molecule has 12 heteroatoms. The molecule has 150 valence electrons. The van der Waals surface area contributed by atoms with Crippen LogP contribution in [-0.2, 0) is 27.4 Å². The van der Waals surface area contributed by atoms with Crippen molar-refractivity contribution in [2.45, 2.75) is 17.5 Å². The molecule has 1 amide bonds. The van der Waals surface area contributed by atoms with Gasteiger partial charge in [-0.1, -0.05) is 0 Å². The van der Waals surface area contributed by atoms with Crippen LogP contribution >= 0.6 is 0 Å². The Kier molecular flexibility index (Phi) is 4.30. The number of amides is 1. The van der Waals surface area contributed by atoms with Gasteiger partial charge in [-0.3, -0.25) is 9.52 Å². The minimum Gasteiger partial charge on any atom is -0.326 e. The molecule has 2 N–H and O–H groups in total. The summed E-state index contributed by atoms with van der Waals surface area (Å²) in [5.41, 5.74) is -0.297. The van der Waals surface area contributed by atoms with Gasteiger partial charge in [-0.15, -0.1) is 0 Å². The lowest BCUT2D eigenvalue weighted by Crippen LogP contribution is -2.16. The molecule has 2 aromatic carbocycles. The van der Waals surface area contributed by atoms with Crippen LogP contribution in [0.2, 0.25) is 0 Å². The van der Waals surface area contributed by atoms with Crippen molar-refractivity contribution in [3.63, 3.8) is 0 Å². The van der Waals surface area contributed by atoms with Gasteiger partial charge < -0.3 is 5.32 Å². The van der Waals surface area contributed by atoms with Crippen molar-refractivity contribution < 1.29 is 26.4 Å². The maximum atomic E-state index is 13.1. The second kappa shape index (κ2) is 6.58. The van der Waals surface area contributed by atoms with Crippen LogP contribution in [0.3, 0.4) is 0 Å². The molecule has 1 aromatic heterocycles. The molecule has 8 nitrogen and oxygen atoms in total. The van der Waals surface area contributed by atoms with Gasteiger partial charge in [0.15, 0.2) is 0 Å². The van der Waals surface area contributed by atoms with Gasteiger partial charge in [-0.05, 0) is 42.0 Å². The lowest BCUT2D eigenvalue weighted by Gasteiger charge is -2.15. The number of halogens is 3. The molecule has 0 bridgehead atoms. The van der Waals surface area contributed by atoms with E-state index < -0.39 is 21.8 Å². The van der Waals surface area contributed by atoms with Gasteiger partial charge in [0.05, 0.1) is 28.3 Å². The molecule has 29 heavy (non-hydrogen) atoms. The van der Waals surface area contributed by atoms with Crippen LogP contribution in [0.1, 0.15) is 11.1 Å². The van der Waals surface area contributed by atoms with E-state index in [-0.39, 0.29) is 28.6 Å². The number of alkyl halides is 3. The fourth-order valence-corrected chi connectivity index (χ4v) is 4.02. The minimum atomic E-state index is -4.67. The largest absolute Gasteiger partial charge is 0.416 e. The van der Waals surface area contributed by atoms with Gasteiger partial charge in [-0.2, -0.15) is 18.3 Å². The summed E-state index contributed by atoms with van der Waals surface area (Å²) in [4.78, 5) is 15.0. The van der Waals surface area contributed by atoms with Gasteiger partial charge in [0.25, 0.3) is 10.0 Å². The topological polar surface area (TPSA) is 106 Å². The highest BCUT2D eigenvalue weighted by Crippen LogP contribution is 2.34. The highest BCUT2D eigenvalue weighted by molar-refractivity contribution is 7.92. The summed E-state index contributed by atoms with van der Waals surface area (Å²) in [6.07, 6.45) is -2.25. The normalized spacial score (nSPS) is 13.8. The Morgan fingerprint density at radius 1 is 1.14 bits per heavy atom. The molecule has 1 aliphatic rings. The van der Waals surface area contributed by atoms with Crippen LogP contribution in [0, 0.1) is 0 Å². The average molecular weight is 423 g/mol. The Morgan fingerprint density at radius 3 is 2.62 bits per heavy atom. The molecule has 4 rings (SSSR count). The van der Waals surface area contributed by atoms with Crippen LogP contribution in [-0.4, -0.2) is 29.1 Å². The molecule has 0 atom stereocenters. The van der Waals surface area contributed by atoms with Gasteiger partial charge >= 0.3 is 6.18 Å². The third-order valence-corrected chi connectivity index (χ3v) is 5.61. The van der Waals surface area contributed by atoms with E-state index >= 15 is 0 Å². The third kappa shape index (κ3) is 3.66. The highest BCUT2D eigenvalue weighted by Gasteiger charge is 2.32. The first-order valence-electron chi connectivity index (χ1n) is 8.15. The number of carbonyl (C=O) groups is 1. The quantitative estimate of drug-likeness (QED) is 0.671. The first-order valence-corrected chi connectivity index (χ1v) is 9.64. The van der Waals surface area contributed by atoms with Crippen molar-refractivity contribution in [1.82, 2.24) is 14.8 Å². The molecule has 0 radical (unpaired) electrons. The zero-order valence-electron chi connectivity index (χ0n) is 14.4. The number of carbonyl (C=O) groups excluding carboxylic acids is 1. The zero-order chi connectivity index (χ0) is 20.8. The molecule has 1 aliphatic heterocycles. The highest BCUT2D eigenvalue weighted by atomic mass is 32.2. The van der Waals surface area contributed by atoms with E-state index in [0.717, 1.165) is 16.8 Å². The van der Waals surface area contributed by atoms with E-state index in [1.165, 1.54) is 30.9 Å². The predicted octanol–water partition coefficient (Wildman–Crippen LogP) is 2.58. The Labute approximate surface area is 162 Å². The molecular formula is C17H12F3N5O3S. The number of aromatic nitrogens is 3. The summed E-state index contributed by atoms with van der Waals surface area (Å²) in [6.45, 7) is 0. The lowest BCUT2D eigenvalue weighted by atomic mass is 10.1. The fraction of sp³-hybridized carbons (Fsp3) is 0.118. The Bertz CT molecular complexity index is 1210. The summed E-state index contributed by atoms with van der Waals surface area (Å²) in [6, 6.07) is 6.60. The zero-order valence-corrected chi connectivity index (χ0v) is 15.3. The molecule has 0 fully saturated rings. The summed E-state index contributed by atoms with van der Waals surface area (Å²) >= 11 is 0. The smallest absolute Gasteiger partial charge is 0.326 e. The summed E-state index contributed by atoms with van der Waals surface area (Å²) in [7, 11) is -4.25. The molecule has 0 saturated carbocycles. The van der Waals surface area contributed by atoms with Crippen molar-refractivity contribution in [1.29, 1.82) is 0 Å². The monoisotopic (exact) mass is 423 g/mol. The number of hydrogen-bond donors (Lipinski definition) is 2. The van der Waals surface area contributed by atoms with Crippen LogP contribution < -0.4 is 10.0 Å². The molecule has 0 spiro atoms. The van der Waals surface area contributed by atoms with Crippen LogP contribution in [0.25, 0.3) is 5.69 Å². The van der Waals surface area contributed by atoms with E-state index in [0.29, 0.717) is 17.3 Å². The number of fused-ring (bicyclic) bond motifs is 1. The van der Waals surface area contributed by atoms with Gasteiger partial charge in [0, 0.05) is 5.69 Å². The molecule has 2 heterocycles. The van der Waals surface area contributed by atoms with Crippen molar-refractivity contribution in [2.24, 2.45) is 0 Å². The number of hydrogen-bond acceptors (Lipinski definition) is 5. The maximum absolute atomic E-state index is 13.1. The van der Waals surface area contributed by atoms with Crippen molar-refractivity contribution in [2.75, 3.05) is 10.0 Å². The Balaban J connectivity index is 1.76. The standard InChI is InChI=1S/C17H12F3N5O3S/c18-17(19,20)11-1-4-15(25-9-21-8-22-25)14(7-11)24-29(27,28)12-2-3-13-10(5-12)6-16(26)23-13/h1-5,7-9,24H,6H2,(H,23,26). The van der Waals surface area contributed by atoms with Crippen molar-refractivity contribution in [3.8, 4) is 5.69 Å². The molecule has 0 aliphatic carbocycles. The summed E-state index contributed by atoms with van der Waals surface area (Å²) in [5.74, 6) is -0.270. The number of sulfonamides is 1. The first kappa shape index (κ1) is 18.9. The van der Waals surface area contributed by atoms with Crippen molar-refractivity contribution in [3.05, 3.63) is 60.2 Å². The van der Waals surface area contributed by atoms with E-state index in [2.05, 4.69) is 20.1 Å². The molecule has 3 aromatic rings. The number of anilines is 2.